The van der Waals surface area contributed by atoms with Gasteiger partial charge in [0.1, 0.15) is 0 Å². The second kappa shape index (κ2) is 12.7. The maximum absolute atomic E-state index is 2.68. The smallest absolute Gasteiger partial charge is 0.0671 e. The summed E-state index contributed by atoms with van der Waals surface area (Å²) >= 11 is 0. The van der Waals surface area contributed by atoms with Gasteiger partial charge in [-0.2, -0.15) is 0 Å². The van der Waals surface area contributed by atoms with Gasteiger partial charge in [-0.3, -0.25) is 0 Å². The molecule has 7 aromatic rings. The van der Waals surface area contributed by atoms with E-state index in [1.807, 2.05) is 0 Å². The lowest BCUT2D eigenvalue weighted by atomic mass is 9.54. The summed E-state index contributed by atoms with van der Waals surface area (Å²) in [6.07, 6.45) is 7.41. The lowest BCUT2D eigenvalue weighted by Crippen LogP contribution is -2.42. The van der Waals surface area contributed by atoms with Gasteiger partial charge in [0, 0.05) is 28.4 Å². The summed E-state index contributed by atoms with van der Waals surface area (Å²) in [6.45, 7) is 4.94. The highest BCUT2D eigenvalue weighted by molar-refractivity contribution is 5.84. The van der Waals surface area contributed by atoms with E-state index in [4.69, 9.17) is 0 Å². The van der Waals surface area contributed by atoms with E-state index in [9.17, 15) is 0 Å². The zero-order valence-electron chi connectivity index (χ0n) is 32.1. The number of para-hydroxylation sites is 2. The highest BCUT2D eigenvalue weighted by Crippen LogP contribution is 2.63. The Kier molecular flexibility index (Phi) is 7.52. The molecular formula is C55H45N. The topological polar surface area (TPSA) is 3.24 Å². The van der Waals surface area contributed by atoms with E-state index in [1.54, 1.807) is 5.56 Å². The van der Waals surface area contributed by atoms with E-state index in [2.05, 4.69) is 213 Å². The Morgan fingerprint density at radius 2 is 1.04 bits per heavy atom. The summed E-state index contributed by atoms with van der Waals surface area (Å²) in [6, 6.07) is 68.3. The van der Waals surface area contributed by atoms with Crippen molar-refractivity contribution in [3.8, 4) is 11.1 Å². The van der Waals surface area contributed by atoms with Crippen LogP contribution in [0, 0.1) is 11.8 Å². The van der Waals surface area contributed by atoms with Crippen LogP contribution in [0.1, 0.15) is 64.3 Å². The van der Waals surface area contributed by atoms with Crippen LogP contribution in [0.3, 0.4) is 0 Å². The number of nitrogens with zero attached hydrogens (tertiary/aromatic N) is 1. The van der Waals surface area contributed by atoms with E-state index in [1.165, 1.54) is 61.3 Å². The van der Waals surface area contributed by atoms with Crippen molar-refractivity contribution in [3.05, 3.63) is 250 Å². The lowest BCUT2D eigenvalue weighted by Gasteiger charge is -2.49. The number of allylic oxidation sites excluding steroid dienone is 3. The third-order valence-corrected chi connectivity index (χ3v) is 13.6. The van der Waals surface area contributed by atoms with Gasteiger partial charge in [0.2, 0.25) is 0 Å². The minimum atomic E-state index is -0.511. The van der Waals surface area contributed by atoms with Crippen LogP contribution < -0.4 is 4.90 Å². The van der Waals surface area contributed by atoms with Crippen molar-refractivity contribution in [2.75, 3.05) is 4.90 Å². The summed E-state index contributed by atoms with van der Waals surface area (Å²) in [5.74, 6) is 0.871. The normalized spacial score (nSPS) is 20.5. The van der Waals surface area contributed by atoms with Crippen molar-refractivity contribution in [2.45, 2.75) is 43.4 Å². The van der Waals surface area contributed by atoms with Crippen LogP contribution >= 0.6 is 0 Å². The summed E-state index contributed by atoms with van der Waals surface area (Å²) in [5.41, 5.74) is 18.8. The van der Waals surface area contributed by atoms with Crippen LogP contribution in [0.2, 0.25) is 0 Å². The maximum Gasteiger partial charge on any atom is 0.0671 e. The zero-order chi connectivity index (χ0) is 37.4. The molecule has 1 heteroatoms. The third-order valence-electron chi connectivity index (χ3n) is 13.6. The van der Waals surface area contributed by atoms with Gasteiger partial charge in [0.15, 0.2) is 0 Å². The van der Waals surface area contributed by atoms with E-state index < -0.39 is 5.41 Å². The minimum Gasteiger partial charge on any atom is -0.311 e. The van der Waals surface area contributed by atoms with Gasteiger partial charge in [-0.05, 0) is 116 Å². The third kappa shape index (κ3) is 4.73. The molecule has 0 radical (unpaired) electrons. The summed E-state index contributed by atoms with van der Waals surface area (Å²) in [5, 5.41) is 0. The number of hydrogen-bond acceptors (Lipinski definition) is 1. The van der Waals surface area contributed by atoms with Crippen molar-refractivity contribution in [3.63, 3.8) is 0 Å². The molecule has 11 rings (SSSR count). The number of benzene rings is 7. The first kappa shape index (κ1) is 33.2. The molecule has 0 fully saturated rings. The largest absolute Gasteiger partial charge is 0.311 e. The van der Waals surface area contributed by atoms with Gasteiger partial charge in [0.25, 0.3) is 0 Å². The number of rotatable bonds is 5. The first-order chi connectivity index (χ1) is 27.5. The fraction of sp³-hybridized carbons (Fsp3) is 0.164. The van der Waals surface area contributed by atoms with Crippen LogP contribution in [-0.4, -0.2) is 0 Å². The number of fused-ring (bicyclic) bond motifs is 7. The molecule has 0 bridgehead atoms. The SMILES string of the molecule is CC1(C)c2ccccc2-c2ccc3c(c21)C1C=C(N(c2ccccc2)c2ccccc2)C=C2C1C(Cc1ccccc1C2(c1ccccc1)c1ccccc1)C3. The highest BCUT2D eigenvalue weighted by atomic mass is 15.1. The van der Waals surface area contributed by atoms with Crippen molar-refractivity contribution >= 4 is 11.4 Å². The molecule has 4 aliphatic rings. The Morgan fingerprint density at radius 1 is 0.500 bits per heavy atom. The molecule has 0 aromatic heterocycles. The van der Waals surface area contributed by atoms with Gasteiger partial charge in [0.05, 0.1) is 5.41 Å². The van der Waals surface area contributed by atoms with Gasteiger partial charge in [-0.15, -0.1) is 0 Å². The Balaban J connectivity index is 1.28. The molecule has 56 heavy (non-hydrogen) atoms. The predicted octanol–water partition coefficient (Wildman–Crippen LogP) is 13.1. The fourth-order valence-electron chi connectivity index (χ4n) is 11.5. The Hall–Kier alpha value is -6.18. The quantitative estimate of drug-likeness (QED) is 0.171. The predicted molar refractivity (Wildman–Crippen MR) is 232 cm³/mol. The molecule has 0 heterocycles. The Labute approximate surface area is 331 Å². The van der Waals surface area contributed by atoms with Crippen LogP contribution in [-0.2, 0) is 23.7 Å². The van der Waals surface area contributed by atoms with E-state index in [0.29, 0.717) is 5.92 Å². The van der Waals surface area contributed by atoms with E-state index >= 15 is 0 Å². The average molecular weight is 720 g/mol. The van der Waals surface area contributed by atoms with Crippen LogP contribution in [0.25, 0.3) is 11.1 Å². The molecule has 3 unspecified atom stereocenters. The molecule has 1 nitrogen and oxygen atoms in total. The second-order valence-corrected chi connectivity index (χ2v) is 16.8. The molecule has 4 aliphatic carbocycles. The van der Waals surface area contributed by atoms with Crippen molar-refractivity contribution in [2.24, 2.45) is 11.8 Å². The van der Waals surface area contributed by atoms with Gasteiger partial charge >= 0.3 is 0 Å². The molecule has 3 atom stereocenters. The average Bonchev–Trinajstić information content (AvgIpc) is 3.40. The molecule has 0 N–H and O–H groups in total. The monoisotopic (exact) mass is 719 g/mol. The Morgan fingerprint density at radius 3 is 1.68 bits per heavy atom. The van der Waals surface area contributed by atoms with Crippen LogP contribution in [0.15, 0.2) is 205 Å². The second-order valence-electron chi connectivity index (χ2n) is 16.8. The molecule has 0 spiro atoms. The summed E-state index contributed by atoms with van der Waals surface area (Å²) < 4.78 is 0. The molecule has 0 amide bonds. The first-order valence-corrected chi connectivity index (χ1v) is 20.3. The summed E-state index contributed by atoms with van der Waals surface area (Å²) in [4.78, 5) is 2.51. The van der Waals surface area contributed by atoms with E-state index in [0.717, 1.165) is 24.2 Å². The van der Waals surface area contributed by atoms with Gasteiger partial charge in [-0.25, -0.2) is 0 Å². The molecule has 7 aromatic carbocycles. The molecule has 0 aliphatic heterocycles. The standard InChI is InChI=1S/C55H45N/c1-54(2)49-30-18-16-28-45(49)46-32-31-38-34-39-33-37-19-15-17-29-48(37)55(40-20-7-3-8-21-40,41-22-9-4-10-23-41)50-36-44(35-47(51(39)50)52(38)53(46)54)56(42-24-11-5-12-25-42)43-26-13-6-14-27-43/h3-32,35-36,39,47,51H,33-34H2,1-2H3. The molecule has 0 saturated carbocycles. The minimum absolute atomic E-state index is 0.123. The van der Waals surface area contributed by atoms with Crippen molar-refractivity contribution in [1.29, 1.82) is 0 Å². The number of hydrogen-bond donors (Lipinski definition) is 0. The van der Waals surface area contributed by atoms with Crippen LogP contribution in [0.5, 0.6) is 0 Å². The van der Waals surface area contributed by atoms with Crippen molar-refractivity contribution < 1.29 is 0 Å². The summed E-state index contributed by atoms with van der Waals surface area (Å²) in [7, 11) is 0. The van der Waals surface area contributed by atoms with Crippen molar-refractivity contribution in [1.82, 2.24) is 0 Å². The molecule has 0 saturated heterocycles. The maximum atomic E-state index is 2.68. The number of anilines is 2. The van der Waals surface area contributed by atoms with Gasteiger partial charge in [-0.1, -0.05) is 178 Å². The Bertz CT molecular complexity index is 2590. The molecular weight excluding hydrogens is 675 g/mol. The highest BCUT2D eigenvalue weighted by Gasteiger charge is 2.54. The fourth-order valence-corrected chi connectivity index (χ4v) is 11.5. The van der Waals surface area contributed by atoms with Crippen LogP contribution in [0.4, 0.5) is 11.4 Å². The first-order valence-electron chi connectivity index (χ1n) is 20.3. The van der Waals surface area contributed by atoms with Gasteiger partial charge < -0.3 is 4.90 Å². The van der Waals surface area contributed by atoms with E-state index in [-0.39, 0.29) is 17.3 Å². The lowest BCUT2D eigenvalue weighted by molar-refractivity contribution is 0.308. The molecule has 270 valence electrons. The zero-order valence-corrected chi connectivity index (χ0v) is 32.1.